The van der Waals surface area contributed by atoms with E-state index in [1.165, 1.54) is 52.7 Å². The molecule has 0 spiro atoms. The lowest BCUT2D eigenvalue weighted by Gasteiger charge is -2.06. The molecule has 8 nitrogen and oxygen atoms in total. The number of rotatable bonds is 18. The number of carbonyl (C=O) groups is 2. The summed E-state index contributed by atoms with van der Waals surface area (Å²) in [4.78, 5) is 42.6. The molecule has 3 aromatic rings. The van der Waals surface area contributed by atoms with Crippen molar-refractivity contribution < 1.29 is 19.1 Å². The molecule has 3 aromatic heterocycles. The predicted octanol–water partition coefficient (Wildman–Crippen LogP) is 9.89. The normalized spacial score (nSPS) is 12.1. The summed E-state index contributed by atoms with van der Waals surface area (Å²) in [6, 6.07) is 8.54. The molecule has 2 N–H and O–H groups in total. The zero-order chi connectivity index (χ0) is 35.3. The van der Waals surface area contributed by atoms with E-state index in [-0.39, 0.29) is 24.8 Å². The van der Waals surface area contributed by atoms with Crippen molar-refractivity contribution in [2.24, 2.45) is 0 Å². The Hall–Kier alpha value is -4.46. The number of aromatic nitrogens is 4. The average Bonchev–Trinajstić information content (AvgIpc) is 3.96. The van der Waals surface area contributed by atoms with E-state index in [1.807, 2.05) is 0 Å². The Morgan fingerprint density at radius 3 is 1.26 bits per heavy atom. The maximum atomic E-state index is 12.4. The van der Waals surface area contributed by atoms with Crippen LogP contribution in [0.4, 0.5) is 0 Å². The maximum Gasteiger partial charge on any atom is 0.305 e. The summed E-state index contributed by atoms with van der Waals surface area (Å²) in [5.41, 5.74) is 11.8. The first-order valence-corrected chi connectivity index (χ1v) is 18.7. The molecule has 5 heterocycles. The highest BCUT2D eigenvalue weighted by Gasteiger charge is 2.18. The molecule has 0 amide bonds. The van der Waals surface area contributed by atoms with Crippen LogP contribution in [0.2, 0.25) is 0 Å². The van der Waals surface area contributed by atoms with Crippen molar-refractivity contribution in [3.63, 3.8) is 0 Å². The Labute approximate surface area is 296 Å². The van der Waals surface area contributed by atoms with Gasteiger partial charge in [0.05, 0.1) is 37.0 Å². The van der Waals surface area contributed by atoms with Crippen molar-refractivity contribution in [2.75, 3.05) is 14.2 Å². The van der Waals surface area contributed by atoms with Gasteiger partial charge in [-0.3, -0.25) is 9.59 Å². The fraction of sp³-hybridized carbons (Fsp3) is 0.476. The van der Waals surface area contributed by atoms with E-state index in [9.17, 15) is 9.59 Å². The van der Waals surface area contributed by atoms with Gasteiger partial charge < -0.3 is 19.4 Å². The molecule has 5 rings (SSSR count). The third kappa shape index (κ3) is 9.40. The Balaban J connectivity index is 1.76. The molecule has 0 saturated carbocycles. The smallest absolute Gasteiger partial charge is 0.305 e. The minimum absolute atomic E-state index is 0.233. The lowest BCUT2D eigenvalue weighted by molar-refractivity contribution is -0.141. The van der Waals surface area contributed by atoms with E-state index in [2.05, 4.69) is 72.4 Å². The van der Waals surface area contributed by atoms with Gasteiger partial charge in [-0.15, -0.1) is 0 Å². The van der Waals surface area contributed by atoms with Crippen LogP contribution < -0.4 is 0 Å². The number of unbranched alkanes of at least 4 members (excludes halogenated alkanes) is 8. The number of hydrogen-bond acceptors (Lipinski definition) is 6. The number of carbonyl (C=O) groups excluding carboxylic acids is 2. The quantitative estimate of drug-likeness (QED) is 0.0705. The number of nitrogens with one attached hydrogen (secondary N) is 2. The standard InChI is InChI=1S/C42H54N4O4/c1-5-7-9-11-13-15-29-33-19-23-37(43-33)31(17-27-41(47)49-3)39-25-21-35(45-39)30(16-14-12-10-8-6-2)36-22-26-40(46-36)32(18-28-42(48)50-4)38-24-20-34(29)44-38/h19-26,43,45H,5-18,27-28H2,1-4H3. The van der Waals surface area contributed by atoms with E-state index in [4.69, 9.17) is 19.4 Å². The summed E-state index contributed by atoms with van der Waals surface area (Å²) in [6.07, 6.45) is 23.4. The summed E-state index contributed by atoms with van der Waals surface area (Å²) in [7, 11) is 2.87. The Morgan fingerprint density at radius 2 is 0.860 bits per heavy atom. The molecular weight excluding hydrogens is 624 g/mol. The third-order valence-corrected chi connectivity index (χ3v) is 9.86. The summed E-state index contributed by atoms with van der Waals surface area (Å²) in [5, 5.41) is 0. The summed E-state index contributed by atoms with van der Waals surface area (Å²) >= 11 is 0. The van der Waals surface area contributed by atoms with Gasteiger partial charge in [0.25, 0.3) is 0 Å². The van der Waals surface area contributed by atoms with Gasteiger partial charge in [-0.2, -0.15) is 0 Å². The largest absolute Gasteiger partial charge is 0.469 e. The monoisotopic (exact) mass is 678 g/mol. The molecule has 8 heteroatoms. The van der Waals surface area contributed by atoms with E-state index in [0.29, 0.717) is 12.8 Å². The number of fused-ring (bicyclic) bond motifs is 8. The fourth-order valence-corrected chi connectivity index (χ4v) is 6.96. The van der Waals surface area contributed by atoms with Crippen molar-refractivity contribution in [3.8, 4) is 0 Å². The molecule has 0 saturated heterocycles. The van der Waals surface area contributed by atoms with Gasteiger partial charge in [0.1, 0.15) is 0 Å². The second-order valence-corrected chi connectivity index (χ2v) is 13.4. The number of ether oxygens (including phenoxy) is 2. The molecular formula is C42H54N4O4. The molecule has 0 radical (unpaired) electrons. The van der Waals surface area contributed by atoms with Gasteiger partial charge in [-0.25, -0.2) is 9.97 Å². The van der Waals surface area contributed by atoms with Crippen LogP contribution >= 0.6 is 0 Å². The van der Waals surface area contributed by atoms with Crippen LogP contribution in [0.15, 0.2) is 24.3 Å². The van der Waals surface area contributed by atoms with Crippen molar-refractivity contribution in [1.82, 2.24) is 19.9 Å². The molecule has 8 bridgehead atoms. The second-order valence-electron chi connectivity index (χ2n) is 13.4. The lowest BCUT2D eigenvalue weighted by Crippen LogP contribution is -2.04. The summed E-state index contributed by atoms with van der Waals surface area (Å²) in [5.74, 6) is -0.484. The van der Waals surface area contributed by atoms with Gasteiger partial charge in [0.15, 0.2) is 0 Å². The number of esters is 2. The van der Waals surface area contributed by atoms with Gasteiger partial charge in [-0.05, 0) is 92.7 Å². The molecule has 2 aliphatic rings. The molecule has 266 valence electrons. The first-order chi connectivity index (χ1) is 24.4. The van der Waals surface area contributed by atoms with Crippen molar-refractivity contribution in [3.05, 3.63) is 69.3 Å². The van der Waals surface area contributed by atoms with Crippen LogP contribution in [0.5, 0.6) is 0 Å². The fourth-order valence-electron chi connectivity index (χ4n) is 6.96. The highest BCUT2D eigenvalue weighted by molar-refractivity contribution is 5.84. The van der Waals surface area contributed by atoms with Crippen molar-refractivity contribution in [2.45, 2.75) is 117 Å². The topological polar surface area (TPSA) is 110 Å². The first-order valence-electron chi connectivity index (χ1n) is 18.7. The number of H-pyrrole nitrogens is 2. The second kappa shape index (κ2) is 18.5. The van der Waals surface area contributed by atoms with E-state index in [1.54, 1.807) is 0 Å². The zero-order valence-electron chi connectivity index (χ0n) is 30.5. The Kier molecular flexibility index (Phi) is 13.6. The molecule has 0 atom stereocenters. The van der Waals surface area contributed by atoms with Crippen LogP contribution in [0, 0.1) is 0 Å². The van der Waals surface area contributed by atoms with Crippen LogP contribution in [0.25, 0.3) is 46.4 Å². The minimum atomic E-state index is -0.251. The number of methoxy groups -OCH3 is 2. The SMILES string of the molecule is CCCCCCCc1c2nc(c(CCC(=O)OC)c3nc(c(CCCCCCC)c4ccc([nH]4)c(CCC(=O)OC)c4ccc1[nH]4)C=C3)C=C2. The Morgan fingerprint density at radius 1 is 0.500 bits per heavy atom. The molecule has 0 aromatic carbocycles. The molecule has 50 heavy (non-hydrogen) atoms. The number of aryl methyl sites for hydroxylation is 3. The predicted molar refractivity (Wildman–Crippen MR) is 204 cm³/mol. The van der Waals surface area contributed by atoms with Gasteiger partial charge in [0.2, 0.25) is 0 Å². The number of hydrogen-bond donors (Lipinski definition) is 2. The van der Waals surface area contributed by atoms with Gasteiger partial charge >= 0.3 is 11.9 Å². The van der Waals surface area contributed by atoms with E-state index < -0.39 is 0 Å². The summed E-state index contributed by atoms with van der Waals surface area (Å²) in [6.45, 7) is 4.47. The molecule has 2 aliphatic heterocycles. The van der Waals surface area contributed by atoms with Crippen molar-refractivity contribution in [1.29, 1.82) is 0 Å². The van der Waals surface area contributed by atoms with Crippen LogP contribution in [-0.2, 0) is 44.7 Å². The maximum absolute atomic E-state index is 12.4. The van der Waals surface area contributed by atoms with Gasteiger partial charge in [-0.1, -0.05) is 65.2 Å². The highest BCUT2D eigenvalue weighted by Crippen LogP contribution is 2.30. The van der Waals surface area contributed by atoms with Crippen LogP contribution in [0.1, 0.15) is 136 Å². The first kappa shape index (κ1) is 36.8. The molecule has 0 unspecified atom stereocenters. The zero-order valence-corrected chi connectivity index (χ0v) is 30.5. The highest BCUT2D eigenvalue weighted by atomic mass is 16.5. The van der Waals surface area contributed by atoms with E-state index in [0.717, 1.165) is 106 Å². The van der Waals surface area contributed by atoms with E-state index >= 15 is 0 Å². The number of nitrogens with zero attached hydrogens (tertiary/aromatic N) is 2. The van der Waals surface area contributed by atoms with Gasteiger partial charge in [0, 0.05) is 51.6 Å². The van der Waals surface area contributed by atoms with Crippen molar-refractivity contribution >= 4 is 58.3 Å². The van der Waals surface area contributed by atoms with Crippen LogP contribution in [-0.4, -0.2) is 46.1 Å². The molecule has 0 aliphatic carbocycles. The minimum Gasteiger partial charge on any atom is -0.469 e. The lowest BCUT2D eigenvalue weighted by atomic mass is 10.0. The Bertz CT molecular complexity index is 1750. The van der Waals surface area contributed by atoms with Crippen LogP contribution in [0.3, 0.4) is 0 Å². The molecule has 0 fully saturated rings. The summed E-state index contributed by atoms with van der Waals surface area (Å²) < 4.78 is 10.1. The number of aromatic amines is 2. The third-order valence-electron chi connectivity index (χ3n) is 9.86. The average molecular weight is 679 g/mol.